The third-order valence-corrected chi connectivity index (χ3v) is 5.56. The Kier molecular flexibility index (Phi) is 5.43. The van der Waals surface area contributed by atoms with Gasteiger partial charge in [-0.15, -0.1) is 0 Å². The van der Waals surface area contributed by atoms with E-state index >= 15 is 0 Å². The van der Waals surface area contributed by atoms with E-state index in [1.54, 1.807) is 6.20 Å². The lowest BCUT2D eigenvalue weighted by Crippen LogP contribution is -2.27. The van der Waals surface area contributed by atoms with Gasteiger partial charge >= 0.3 is 0 Å². The molecule has 3 aromatic rings. The quantitative estimate of drug-likeness (QED) is 0.699. The molecule has 150 valence electrons. The lowest BCUT2D eigenvalue weighted by atomic mass is 9.95. The first-order valence-corrected chi connectivity index (χ1v) is 9.87. The van der Waals surface area contributed by atoms with Crippen molar-refractivity contribution in [1.29, 1.82) is 0 Å². The van der Waals surface area contributed by atoms with Gasteiger partial charge in [-0.2, -0.15) is 0 Å². The van der Waals surface area contributed by atoms with Crippen LogP contribution in [0.1, 0.15) is 51.4 Å². The van der Waals surface area contributed by atoms with E-state index < -0.39 is 11.6 Å². The summed E-state index contributed by atoms with van der Waals surface area (Å²) >= 11 is 0. The number of amides is 1. The summed E-state index contributed by atoms with van der Waals surface area (Å²) in [5.74, 6) is -1.41. The van der Waals surface area contributed by atoms with Crippen molar-refractivity contribution < 1.29 is 13.6 Å². The van der Waals surface area contributed by atoms with Crippen molar-refractivity contribution in [3.05, 3.63) is 88.0 Å². The molecule has 0 spiro atoms. The first-order valence-electron chi connectivity index (χ1n) is 9.87. The molecule has 0 atom stereocenters. The Balaban J connectivity index is 1.68. The number of aromatic nitrogens is 2. The van der Waals surface area contributed by atoms with E-state index in [4.69, 9.17) is 0 Å². The SMILES string of the molecule is Cc1c2c(n(Cc3ccc(F)cc3F)c1C(=O)NCc1ccccn1)CCCC2. The molecule has 29 heavy (non-hydrogen) atoms. The number of carbonyl (C=O) groups excluding carboxylic acids is 1. The maximum Gasteiger partial charge on any atom is 0.268 e. The number of halogens is 2. The zero-order valence-corrected chi connectivity index (χ0v) is 16.3. The second kappa shape index (κ2) is 8.15. The molecule has 0 unspecified atom stereocenters. The van der Waals surface area contributed by atoms with Crippen molar-refractivity contribution >= 4 is 5.91 Å². The van der Waals surface area contributed by atoms with Crippen LogP contribution in [0.25, 0.3) is 0 Å². The predicted octanol–water partition coefficient (Wildman–Crippen LogP) is 4.33. The molecule has 2 aromatic heterocycles. The fourth-order valence-electron chi connectivity index (χ4n) is 4.12. The molecule has 1 amide bonds. The average Bonchev–Trinajstić information content (AvgIpc) is 3.01. The first kappa shape index (κ1) is 19.3. The molecule has 0 aliphatic heterocycles. The summed E-state index contributed by atoms with van der Waals surface area (Å²) in [4.78, 5) is 17.3. The molecule has 1 N–H and O–H groups in total. The number of pyridine rings is 1. The summed E-state index contributed by atoms with van der Waals surface area (Å²) in [6.45, 7) is 2.48. The maximum absolute atomic E-state index is 14.3. The molecule has 1 aliphatic carbocycles. The van der Waals surface area contributed by atoms with E-state index in [2.05, 4.69) is 10.3 Å². The highest BCUT2D eigenvalue weighted by Crippen LogP contribution is 2.31. The Morgan fingerprint density at radius 3 is 2.76 bits per heavy atom. The van der Waals surface area contributed by atoms with Gasteiger partial charge in [-0.25, -0.2) is 8.78 Å². The van der Waals surface area contributed by atoms with Gasteiger partial charge in [-0.05, 0) is 61.9 Å². The third kappa shape index (κ3) is 3.92. The molecular weight excluding hydrogens is 372 g/mol. The zero-order chi connectivity index (χ0) is 20.4. The van der Waals surface area contributed by atoms with Gasteiger partial charge in [0.15, 0.2) is 0 Å². The first-order chi connectivity index (χ1) is 14.0. The highest BCUT2D eigenvalue weighted by atomic mass is 19.1. The van der Waals surface area contributed by atoms with E-state index in [0.29, 0.717) is 17.8 Å². The Bertz CT molecular complexity index is 1040. The molecule has 0 fully saturated rings. The van der Waals surface area contributed by atoms with E-state index in [1.165, 1.54) is 17.7 Å². The van der Waals surface area contributed by atoms with Gasteiger partial charge in [0.1, 0.15) is 17.3 Å². The van der Waals surface area contributed by atoms with Crippen LogP contribution in [0.2, 0.25) is 0 Å². The standard InChI is InChI=1S/C23H23F2N3O/c1-15-19-7-2-3-8-21(19)28(14-16-9-10-17(24)12-20(16)25)22(15)23(29)27-13-18-6-4-5-11-26-18/h4-6,9-12H,2-3,7-8,13-14H2,1H3,(H,27,29). The van der Waals surface area contributed by atoms with Crippen molar-refractivity contribution in [3.8, 4) is 0 Å². The fraction of sp³-hybridized carbons (Fsp3) is 0.304. The van der Waals surface area contributed by atoms with Crippen LogP contribution in [0, 0.1) is 18.6 Å². The van der Waals surface area contributed by atoms with Crippen LogP contribution in [0.15, 0.2) is 42.6 Å². The zero-order valence-electron chi connectivity index (χ0n) is 16.3. The number of rotatable bonds is 5. The number of hydrogen-bond donors (Lipinski definition) is 1. The molecule has 4 nitrogen and oxygen atoms in total. The van der Waals surface area contributed by atoms with Crippen LogP contribution in [0.3, 0.4) is 0 Å². The number of benzene rings is 1. The van der Waals surface area contributed by atoms with E-state index in [-0.39, 0.29) is 12.5 Å². The smallest absolute Gasteiger partial charge is 0.268 e. The molecule has 0 bridgehead atoms. The lowest BCUT2D eigenvalue weighted by molar-refractivity contribution is 0.0940. The summed E-state index contributed by atoms with van der Waals surface area (Å²) < 4.78 is 29.5. The Labute approximate surface area is 168 Å². The summed E-state index contributed by atoms with van der Waals surface area (Å²) in [5, 5.41) is 2.94. The Hall–Kier alpha value is -3.02. The van der Waals surface area contributed by atoms with E-state index in [1.807, 2.05) is 29.7 Å². The molecule has 2 heterocycles. The number of nitrogens with zero attached hydrogens (tertiary/aromatic N) is 2. The van der Waals surface area contributed by atoms with Crippen LogP contribution < -0.4 is 5.32 Å². The second-order valence-corrected chi connectivity index (χ2v) is 7.43. The largest absolute Gasteiger partial charge is 0.345 e. The van der Waals surface area contributed by atoms with Gasteiger partial charge in [0.25, 0.3) is 5.91 Å². The number of fused-ring (bicyclic) bond motifs is 1. The van der Waals surface area contributed by atoms with Crippen molar-refractivity contribution in [2.75, 3.05) is 0 Å². The average molecular weight is 395 g/mol. The van der Waals surface area contributed by atoms with Gasteiger partial charge in [0, 0.05) is 23.5 Å². The van der Waals surface area contributed by atoms with Gasteiger partial charge < -0.3 is 9.88 Å². The fourth-order valence-corrected chi connectivity index (χ4v) is 4.12. The minimum absolute atomic E-state index is 0.203. The predicted molar refractivity (Wildman–Crippen MR) is 107 cm³/mol. The normalized spacial score (nSPS) is 13.2. The van der Waals surface area contributed by atoms with Gasteiger partial charge in [-0.1, -0.05) is 12.1 Å². The minimum Gasteiger partial charge on any atom is -0.345 e. The van der Waals surface area contributed by atoms with E-state index in [9.17, 15) is 13.6 Å². The Morgan fingerprint density at radius 1 is 1.17 bits per heavy atom. The van der Waals surface area contributed by atoms with E-state index in [0.717, 1.165) is 48.7 Å². The highest BCUT2D eigenvalue weighted by Gasteiger charge is 2.26. The van der Waals surface area contributed by atoms with Crippen LogP contribution in [0.5, 0.6) is 0 Å². The topological polar surface area (TPSA) is 46.9 Å². The van der Waals surface area contributed by atoms with Gasteiger partial charge in [0.05, 0.1) is 18.8 Å². The third-order valence-electron chi connectivity index (χ3n) is 5.56. The molecular formula is C23H23F2N3O. The summed E-state index contributed by atoms with van der Waals surface area (Å²) in [6.07, 6.45) is 5.58. The lowest BCUT2D eigenvalue weighted by Gasteiger charge is -2.17. The number of hydrogen-bond acceptors (Lipinski definition) is 2. The summed E-state index contributed by atoms with van der Waals surface area (Å²) in [7, 11) is 0. The number of carbonyl (C=O) groups is 1. The van der Waals surface area contributed by atoms with Crippen molar-refractivity contribution in [1.82, 2.24) is 14.9 Å². The second-order valence-electron chi connectivity index (χ2n) is 7.43. The van der Waals surface area contributed by atoms with Crippen molar-refractivity contribution in [3.63, 3.8) is 0 Å². The summed E-state index contributed by atoms with van der Waals surface area (Å²) in [6, 6.07) is 9.14. The molecule has 1 aliphatic rings. The molecule has 0 saturated heterocycles. The van der Waals surface area contributed by atoms with Crippen LogP contribution >= 0.6 is 0 Å². The molecule has 0 saturated carbocycles. The van der Waals surface area contributed by atoms with Crippen LogP contribution in [-0.4, -0.2) is 15.5 Å². The maximum atomic E-state index is 14.3. The highest BCUT2D eigenvalue weighted by molar-refractivity contribution is 5.95. The minimum atomic E-state index is -0.606. The van der Waals surface area contributed by atoms with Crippen molar-refractivity contribution in [2.45, 2.75) is 45.7 Å². The van der Waals surface area contributed by atoms with Gasteiger partial charge in [0.2, 0.25) is 0 Å². The monoisotopic (exact) mass is 395 g/mol. The Morgan fingerprint density at radius 2 is 2.00 bits per heavy atom. The molecule has 0 radical (unpaired) electrons. The molecule has 4 rings (SSSR count). The van der Waals surface area contributed by atoms with Gasteiger partial charge in [-0.3, -0.25) is 9.78 Å². The molecule has 1 aromatic carbocycles. The van der Waals surface area contributed by atoms with Crippen LogP contribution in [-0.2, 0) is 25.9 Å². The number of nitrogens with one attached hydrogen (secondary N) is 1. The summed E-state index contributed by atoms with van der Waals surface area (Å²) in [5.41, 5.74) is 4.90. The van der Waals surface area contributed by atoms with Crippen LogP contribution in [0.4, 0.5) is 8.78 Å². The molecule has 6 heteroatoms. The van der Waals surface area contributed by atoms with Crippen molar-refractivity contribution in [2.24, 2.45) is 0 Å².